The Morgan fingerprint density at radius 2 is 1.93 bits per heavy atom. The smallest absolute Gasteiger partial charge is 0.353 e. The third-order valence-corrected chi connectivity index (χ3v) is 5.41. The summed E-state index contributed by atoms with van der Waals surface area (Å²) in [6.07, 6.45) is 4.88. The van der Waals surface area contributed by atoms with Gasteiger partial charge >= 0.3 is 5.69 Å². The molecule has 29 heavy (non-hydrogen) atoms. The second kappa shape index (κ2) is 8.90. The van der Waals surface area contributed by atoms with Gasteiger partial charge in [0, 0.05) is 19.0 Å². The highest BCUT2D eigenvalue weighted by molar-refractivity contribution is 5.72. The Hall–Kier alpha value is -2.48. The van der Waals surface area contributed by atoms with Gasteiger partial charge in [0.05, 0.1) is 18.1 Å². The van der Waals surface area contributed by atoms with Crippen molar-refractivity contribution < 1.29 is 19.4 Å². The van der Waals surface area contributed by atoms with E-state index in [1.807, 2.05) is 12.1 Å². The lowest BCUT2D eigenvalue weighted by Crippen LogP contribution is -2.27. The third kappa shape index (κ3) is 4.58. The number of rotatable bonds is 8. The van der Waals surface area contributed by atoms with Crippen LogP contribution in [0.25, 0.3) is 11.1 Å². The van der Waals surface area contributed by atoms with Gasteiger partial charge in [-0.2, -0.15) is 4.98 Å². The van der Waals surface area contributed by atoms with Gasteiger partial charge in [0.2, 0.25) is 5.71 Å². The van der Waals surface area contributed by atoms with Gasteiger partial charge in [0.1, 0.15) is 18.1 Å². The summed E-state index contributed by atoms with van der Waals surface area (Å²) >= 11 is 0. The summed E-state index contributed by atoms with van der Waals surface area (Å²) < 4.78 is 12.7. The van der Waals surface area contributed by atoms with E-state index < -0.39 is 24.1 Å². The molecule has 1 saturated heterocycles. The quantitative estimate of drug-likeness (QED) is 0.566. The standard InChI is InChI=1S/C22H26N2O5/c25-14-19-18(26)12-20(29-19)24-13-16-11-17(28-21(16)23-22(24)27)10-6-2-5-9-15-7-3-1-4-8-15/h1,3-4,7-8,11,13,18-20,25-26H,2,5-6,9-10,12,14H2/t18-,19+,20+/m0/s1. The molecule has 2 N–H and O–H groups in total. The molecule has 1 aliphatic rings. The summed E-state index contributed by atoms with van der Waals surface area (Å²) in [5.74, 6) is 0.810. The van der Waals surface area contributed by atoms with Crippen LogP contribution in [0.3, 0.4) is 0 Å². The summed E-state index contributed by atoms with van der Waals surface area (Å²) in [6.45, 7) is -0.289. The summed E-state index contributed by atoms with van der Waals surface area (Å²) in [5, 5.41) is 19.9. The zero-order valence-electron chi connectivity index (χ0n) is 16.2. The van der Waals surface area contributed by atoms with Gasteiger partial charge in [-0.25, -0.2) is 4.79 Å². The van der Waals surface area contributed by atoms with Crippen molar-refractivity contribution >= 4 is 11.1 Å². The fourth-order valence-corrected chi connectivity index (χ4v) is 3.81. The number of hydrogen-bond acceptors (Lipinski definition) is 6. The minimum atomic E-state index is -0.802. The van der Waals surface area contributed by atoms with E-state index in [-0.39, 0.29) is 13.0 Å². The van der Waals surface area contributed by atoms with Gasteiger partial charge < -0.3 is 19.4 Å². The largest absolute Gasteiger partial charge is 0.443 e. The molecule has 0 radical (unpaired) electrons. The van der Waals surface area contributed by atoms with Crippen LogP contribution in [0.4, 0.5) is 0 Å². The Kier molecular flexibility index (Phi) is 6.08. The maximum atomic E-state index is 12.3. The van der Waals surface area contributed by atoms with Gasteiger partial charge in [-0.1, -0.05) is 36.8 Å². The van der Waals surface area contributed by atoms with Crippen LogP contribution in [0.5, 0.6) is 0 Å². The lowest BCUT2D eigenvalue weighted by Gasteiger charge is -2.13. The second-order valence-corrected chi connectivity index (χ2v) is 7.57. The number of benzene rings is 1. The predicted octanol–water partition coefficient (Wildman–Crippen LogP) is 2.59. The first kappa shape index (κ1) is 19.8. The van der Waals surface area contributed by atoms with E-state index in [0.717, 1.165) is 43.3 Å². The molecule has 1 fully saturated rings. The first-order valence-corrected chi connectivity index (χ1v) is 10.1. The maximum Gasteiger partial charge on any atom is 0.353 e. The number of nitrogens with zero attached hydrogens (tertiary/aromatic N) is 2. The molecule has 3 heterocycles. The summed E-state index contributed by atoms with van der Waals surface area (Å²) in [4.78, 5) is 16.4. The SMILES string of the molecule is O=c1nc2oc(CCCCCc3ccccc3)cc2cn1[C@H]1C[C@H](O)[C@@H](CO)O1. The van der Waals surface area contributed by atoms with Crippen LogP contribution >= 0.6 is 0 Å². The van der Waals surface area contributed by atoms with E-state index in [9.17, 15) is 15.0 Å². The molecule has 1 aromatic carbocycles. The second-order valence-electron chi connectivity index (χ2n) is 7.57. The minimum absolute atomic E-state index is 0.241. The Morgan fingerprint density at radius 3 is 2.69 bits per heavy atom. The number of aromatic nitrogens is 2. The number of unbranched alkanes of at least 4 members (excludes halogenated alkanes) is 2. The zero-order chi connectivity index (χ0) is 20.2. The molecule has 7 nitrogen and oxygen atoms in total. The van der Waals surface area contributed by atoms with Gasteiger partial charge in [0.25, 0.3) is 0 Å². The van der Waals surface area contributed by atoms with Crippen molar-refractivity contribution in [2.45, 2.75) is 57.0 Å². The highest BCUT2D eigenvalue weighted by Gasteiger charge is 2.35. The number of fused-ring (bicyclic) bond motifs is 1. The van der Waals surface area contributed by atoms with E-state index in [4.69, 9.17) is 9.15 Å². The first-order valence-electron chi connectivity index (χ1n) is 10.1. The number of aliphatic hydroxyl groups is 2. The highest BCUT2D eigenvalue weighted by atomic mass is 16.5. The maximum absolute atomic E-state index is 12.3. The third-order valence-electron chi connectivity index (χ3n) is 5.41. The molecule has 4 rings (SSSR count). The fourth-order valence-electron chi connectivity index (χ4n) is 3.81. The molecule has 0 amide bonds. The van der Waals surface area contributed by atoms with Crippen molar-refractivity contribution in [1.82, 2.24) is 9.55 Å². The van der Waals surface area contributed by atoms with Crippen molar-refractivity contribution in [3.63, 3.8) is 0 Å². The normalized spacial score (nSPS) is 21.8. The van der Waals surface area contributed by atoms with Gasteiger partial charge in [-0.05, 0) is 30.9 Å². The topological polar surface area (TPSA) is 97.7 Å². The Labute approximate surface area is 168 Å². The van der Waals surface area contributed by atoms with Crippen molar-refractivity contribution in [3.05, 3.63) is 64.4 Å². The Morgan fingerprint density at radius 1 is 1.14 bits per heavy atom. The molecule has 2 aromatic heterocycles. The molecule has 0 spiro atoms. The summed E-state index contributed by atoms with van der Waals surface area (Å²) in [6, 6.07) is 12.4. The molecule has 154 valence electrons. The van der Waals surface area contributed by atoms with E-state index >= 15 is 0 Å². The zero-order valence-corrected chi connectivity index (χ0v) is 16.2. The summed E-state index contributed by atoms with van der Waals surface area (Å²) in [7, 11) is 0. The molecule has 0 bridgehead atoms. The average molecular weight is 398 g/mol. The van der Waals surface area contributed by atoms with Crippen molar-refractivity contribution in [1.29, 1.82) is 0 Å². The van der Waals surface area contributed by atoms with Gasteiger partial charge in [-0.3, -0.25) is 4.57 Å². The predicted molar refractivity (Wildman–Crippen MR) is 108 cm³/mol. The lowest BCUT2D eigenvalue weighted by atomic mass is 10.1. The van der Waals surface area contributed by atoms with Crippen LogP contribution in [-0.4, -0.2) is 38.6 Å². The van der Waals surface area contributed by atoms with Crippen molar-refractivity contribution in [2.24, 2.45) is 0 Å². The monoisotopic (exact) mass is 398 g/mol. The number of ether oxygens (including phenoxy) is 1. The molecular weight excluding hydrogens is 372 g/mol. The molecule has 0 aliphatic carbocycles. The van der Waals surface area contributed by atoms with E-state index in [1.54, 1.807) is 6.20 Å². The highest BCUT2D eigenvalue weighted by Crippen LogP contribution is 2.28. The Bertz CT molecular complexity index is 997. The van der Waals surface area contributed by atoms with Crippen LogP contribution in [0.2, 0.25) is 0 Å². The van der Waals surface area contributed by atoms with Crippen molar-refractivity contribution in [2.75, 3.05) is 6.61 Å². The average Bonchev–Trinajstić information content (AvgIpc) is 3.29. The van der Waals surface area contributed by atoms with Crippen LogP contribution in [0.1, 0.15) is 43.2 Å². The van der Waals surface area contributed by atoms with Crippen LogP contribution in [0, 0.1) is 0 Å². The van der Waals surface area contributed by atoms with Crippen molar-refractivity contribution in [3.8, 4) is 0 Å². The van der Waals surface area contributed by atoms with E-state index in [2.05, 4.69) is 29.2 Å². The van der Waals surface area contributed by atoms with Crippen LogP contribution in [-0.2, 0) is 17.6 Å². The van der Waals surface area contributed by atoms with E-state index in [1.165, 1.54) is 10.1 Å². The van der Waals surface area contributed by atoms with Gasteiger partial charge in [0.15, 0.2) is 0 Å². The number of aliphatic hydroxyl groups excluding tert-OH is 2. The molecular formula is C22H26N2O5. The van der Waals surface area contributed by atoms with Gasteiger partial charge in [-0.15, -0.1) is 0 Å². The lowest BCUT2D eigenvalue weighted by molar-refractivity contribution is -0.0457. The minimum Gasteiger partial charge on any atom is -0.443 e. The molecule has 0 unspecified atom stereocenters. The summed E-state index contributed by atoms with van der Waals surface area (Å²) in [5.41, 5.74) is 1.19. The Balaban J connectivity index is 1.36. The molecule has 3 aromatic rings. The van der Waals surface area contributed by atoms with Crippen LogP contribution < -0.4 is 5.69 Å². The van der Waals surface area contributed by atoms with E-state index in [0.29, 0.717) is 5.71 Å². The molecule has 1 aliphatic heterocycles. The first-order chi connectivity index (χ1) is 14.1. The number of hydrogen-bond donors (Lipinski definition) is 2. The molecule has 3 atom stereocenters. The van der Waals surface area contributed by atoms with Crippen LogP contribution in [0.15, 0.2) is 51.8 Å². The molecule has 0 saturated carbocycles. The number of aryl methyl sites for hydroxylation is 2. The molecule has 7 heteroatoms. The number of furan rings is 1. The fraction of sp³-hybridized carbons (Fsp3) is 0.455.